The van der Waals surface area contributed by atoms with E-state index in [2.05, 4.69) is 19.1 Å². The van der Waals surface area contributed by atoms with Crippen LogP contribution in [0.2, 0.25) is 0 Å². The van der Waals surface area contributed by atoms with E-state index in [1.165, 1.54) is 193 Å². The molecule has 43 heavy (non-hydrogen) atoms. The van der Waals surface area contributed by atoms with Crippen molar-refractivity contribution in [3.63, 3.8) is 0 Å². The van der Waals surface area contributed by atoms with Crippen molar-refractivity contribution in [3.05, 3.63) is 12.2 Å². The summed E-state index contributed by atoms with van der Waals surface area (Å²) in [4.78, 5) is 12.0. The van der Waals surface area contributed by atoms with E-state index in [0.717, 1.165) is 19.3 Å². The van der Waals surface area contributed by atoms with Crippen LogP contribution in [0.15, 0.2) is 12.2 Å². The second-order valence-corrected chi connectivity index (χ2v) is 13.3. The van der Waals surface area contributed by atoms with Gasteiger partial charge in [-0.25, -0.2) is 0 Å². The molecule has 256 valence electrons. The fraction of sp³-hybridized carbons (Fsp3) is 0.925. The Bertz CT molecular complexity index is 544. The maximum atomic E-state index is 12.0. The fourth-order valence-electron chi connectivity index (χ4n) is 5.99. The molecule has 0 spiro atoms. The van der Waals surface area contributed by atoms with Crippen LogP contribution < -0.4 is 0 Å². The quantitative estimate of drug-likeness (QED) is 0.0434. The lowest BCUT2D eigenvalue weighted by Crippen LogP contribution is -2.05. The Morgan fingerprint density at radius 2 is 0.767 bits per heavy atom. The number of aliphatic hydroxyl groups is 1. The van der Waals surface area contributed by atoms with Gasteiger partial charge in [0.1, 0.15) is 0 Å². The van der Waals surface area contributed by atoms with E-state index >= 15 is 0 Å². The molecule has 0 heterocycles. The van der Waals surface area contributed by atoms with Gasteiger partial charge >= 0.3 is 5.97 Å². The van der Waals surface area contributed by atoms with Crippen LogP contribution in [0.5, 0.6) is 0 Å². The zero-order valence-electron chi connectivity index (χ0n) is 29.4. The molecule has 0 unspecified atom stereocenters. The number of aliphatic hydroxyl groups excluding tert-OH is 1. The molecule has 0 aromatic rings. The van der Waals surface area contributed by atoms with Gasteiger partial charge in [-0.05, 0) is 44.9 Å². The molecular weight excluding hydrogens is 528 g/mol. The molecule has 0 aliphatic rings. The molecule has 3 heteroatoms. The number of carbonyl (C=O) groups is 1. The van der Waals surface area contributed by atoms with E-state index < -0.39 is 0 Å². The molecule has 0 atom stereocenters. The van der Waals surface area contributed by atoms with Gasteiger partial charge < -0.3 is 9.84 Å². The van der Waals surface area contributed by atoms with E-state index in [4.69, 9.17) is 9.84 Å². The van der Waals surface area contributed by atoms with Gasteiger partial charge in [-0.15, -0.1) is 0 Å². The average Bonchev–Trinajstić information content (AvgIpc) is 3.01. The van der Waals surface area contributed by atoms with Gasteiger partial charge in [-0.3, -0.25) is 4.79 Å². The summed E-state index contributed by atoms with van der Waals surface area (Å²) in [6, 6.07) is 0. The maximum Gasteiger partial charge on any atom is 0.305 e. The molecule has 0 saturated carbocycles. The van der Waals surface area contributed by atoms with Gasteiger partial charge in [0, 0.05) is 13.0 Å². The number of unbranched alkanes of at least 4 members (excludes halogenated alkanes) is 30. The Morgan fingerprint density at radius 3 is 1.16 bits per heavy atom. The Balaban J connectivity index is 3.17. The lowest BCUT2D eigenvalue weighted by atomic mass is 10.0. The van der Waals surface area contributed by atoms with Gasteiger partial charge in [0.15, 0.2) is 0 Å². The topological polar surface area (TPSA) is 46.5 Å². The standard InChI is InChI=1S/C40H78O3/c1-2-3-4-5-6-7-8-9-10-11-12-13-16-19-22-25-28-31-34-37-40(42)43-39-36-33-30-27-24-21-18-15-14-17-20-23-26-29-32-35-38-41/h9-10,41H,2-8,11-39H2,1H3. The van der Waals surface area contributed by atoms with E-state index in [1.54, 1.807) is 0 Å². The van der Waals surface area contributed by atoms with Gasteiger partial charge in [-0.2, -0.15) is 0 Å². The third-order valence-corrected chi connectivity index (χ3v) is 8.96. The maximum absolute atomic E-state index is 12.0. The van der Waals surface area contributed by atoms with Crippen LogP contribution in [-0.4, -0.2) is 24.3 Å². The van der Waals surface area contributed by atoms with Gasteiger partial charge in [0.05, 0.1) is 6.61 Å². The first-order valence-electron chi connectivity index (χ1n) is 19.7. The van der Waals surface area contributed by atoms with Crippen LogP contribution in [-0.2, 0) is 9.53 Å². The highest BCUT2D eigenvalue weighted by atomic mass is 16.5. The number of rotatable bonds is 37. The van der Waals surface area contributed by atoms with Crippen LogP contribution in [0.25, 0.3) is 0 Å². The highest BCUT2D eigenvalue weighted by Crippen LogP contribution is 2.15. The van der Waals surface area contributed by atoms with Crippen LogP contribution in [0, 0.1) is 0 Å². The monoisotopic (exact) mass is 607 g/mol. The van der Waals surface area contributed by atoms with Crippen molar-refractivity contribution >= 4 is 5.97 Å². The van der Waals surface area contributed by atoms with E-state index in [-0.39, 0.29) is 5.97 Å². The summed E-state index contributed by atoms with van der Waals surface area (Å²) < 4.78 is 5.45. The molecule has 3 nitrogen and oxygen atoms in total. The summed E-state index contributed by atoms with van der Waals surface area (Å²) in [6.45, 7) is 3.26. The Kier molecular flexibility index (Phi) is 38.4. The van der Waals surface area contributed by atoms with Crippen LogP contribution >= 0.6 is 0 Å². The molecule has 1 N–H and O–H groups in total. The predicted octanol–water partition coefficient (Wildman–Crippen LogP) is 13.4. The van der Waals surface area contributed by atoms with Crippen molar-refractivity contribution in [1.29, 1.82) is 0 Å². The van der Waals surface area contributed by atoms with Crippen LogP contribution in [0.1, 0.15) is 225 Å². The Labute approximate surface area is 270 Å². The van der Waals surface area contributed by atoms with E-state index in [0.29, 0.717) is 19.6 Å². The molecule has 0 rings (SSSR count). The summed E-state index contributed by atoms with van der Waals surface area (Å²) in [5, 5.41) is 8.79. The summed E-state index contributed by atoms with van der Waals surface area (Å²) in [7, 11) is 0. The lowest BCUT2D eigenvalue weighted by Gasteiger charge is -2.06. The molecule has 0 bridgehead atoms. The first kappa shape index (κ1) is 42.2. The number of ether oxygens (including phenoxy) is 1. The average molecular weight is 607 g/mol. The van der Waals surface area contributed by atoms with Crippen molar-refractivity contribution < 1.29 is 14.6 Å². The van der Waals surface area contributed by atoms with Crippen molar-refractivity contribution in [1.82, 2.24) is 0 Å². The van der Waals surface area contributed by atoms with Crippen molar-refractivity contribution in [2.24, 2.45) is 0 Å². The molecular formula is C40H78O3. The third kappa shape index (κ3) is 39.1. The minimum Gasteiger partial charge on any atom is -0.466 e. The van der Waals surface area contributed by atoms with Crippen molar-refractivity contribution in [2.75, 3.05) is 13.2 Å². The first-order valence-corrected chi connectivity index (χ1v) is 19.7. The molecule has 0 amide bonds. The van der Waals surface area contributed by atoms with Crippen molar-refractivity contribution in [3.8, 4) is 0 Å². The largest absolute Gasteiger partial charge is 0.466 e. The number of esters is 1. The van der Waals surface area contributed by atoms with Gasteiger partial charge in [0.2, 0.25) is 0 Å². The summed E-state index contributed by atoms with van der Waals surface area (Å²) >= 11 is 0. The summed E-state index contributed by atoms with van der Waals surface area (Å²) in [6.07, 6.45) is 48.7. The number of hydrogen-bond donors (Lipinski definition) is 1. The molecule has 0 aromatic heterocycles. The molecule has 0 aliphatic carbocycles. The lowest BCUT2D eigenvalue weighted by molar-refractivity contribution is -0.143. The minimum absolute atomic E-state index is 0.0164. The van der Waals surface area contributed by atoms with Crippen LogP contribution in [0.4, 0.5) is 0 Å². The van der Waals surface area contributed by atoms with Crippen LogP contribution in [0.3, 0.4) is 0 Å². The Hall–Kier alpha value is -0.830. The second-order valence-electron chi connectivity index (χ2n) is 13.3. The minimum atomic E-state index is 0.0164. The Morgan fingerprint density at radius 1 is 0.442 bits per heavy atom. The van der Waals surface area contributed by atoms with E-state index in [9.17, 15) is 4.79 Å². The molecule has 0 aromatic carbocycles. The van der Waals surface area contributed by atoms with E-state index in [1.807, 2.05) is 0 Å². The number of hydrogen-bond acceptors (Lipinski definition) is 3. The highest BCUT2D eigenvalue weighted by molar-refractivity contribution is 5.69. The second kappa shape index (κ2) is 39.2. The third-order valence-electron chi connectivity index (χ3n) is 8.96. The molecule has 0 fully saturated rings. The predicted molar refractivity (Wildman–Crippen MR) is 190 cm³/mol. The first-order chi connectivity index (χ1) is 21.3. The highest BCUT2D eigenvalue weighted by Gasteiger charge is 2.03. The number of allylic oxidation sites excluding steroid dienone is 2. The summed E-state index contributed by atoms with van der Waals surface area (Å²) in [5.41, 5.74) is 0. The zero-order chi connectivity index (χ0) is 31.2. The van der Waals surface area contributed by atoms with Gasteiger partial charge in [0.25, 0.3) is 0 Å². The fourth-order valence-corrected chi connectivity index (χ4v) is 5.99. The number of carbonyl (C=O) groups excluding carboxylic acids is 1. The SMILES string of the molecule is CCCCCCCCC=CCCCCCCCCCCCC(=O)OCCCCCCCCCCCCCCCCCCO. The van der Waals surface area contributed by atoms with Gasteiger partial charge in [-0.1, -0.05) is 186 Å². The summed E-state index contributed by atoms with van der Waals surface area (Å²) in [5.74, 6) is 0.0164. The smallest absolute Gasteiger partial charge is 0.305 e. The normalized spacial score (nSPS) is 11.6. The molecule has 0 saturated heterocycles. The molecule has 0 aliphatic heterocycles. The molecule has 0 radical (unpaired) electrons. The zero-order valence-corrected chi connectivity index (χ0v) is 29.4. The van der Waals surface area contributed by atoms with Crippen molar-refractivity contribution in [2.45, 2.75) is 225 Å².